The Hall–Kier alpha value is -0.640. The maximum atomic E-state index is 12.0. The van der Waals surface area contributed by atoms with Crippen LogP contribution < -0.4 is 10.1 Å². The van der Waals surface area contributed by atoms with Crippen molar-refractivity contribution in [3.8, 4) is 5.75 Å². The van der Waals surface area contributed by atoms with Gasteiger partial charge in [-0.05, 0) is 44.8 Å². The molecule has 21 heavy (non-hydrogen) atoms. The molecule has 0 aliphatic carbocycles. The average Bonchev–Trinajstić information content (AvgIpc) is 2.85. The predicted octanol–water partition coefficient (Wildman–Crippen LogP) is 4.11. The molecule has 0 spiro atoms. The molecule has 1 N–H and O–H groups in total. The molecule has 0 unspecified atom stereocenters. The Morgan fingerprint density at radius 3 is 2.76 bits per heavy atom. The lowest BCUT2D eigenvalue weighted by Gasteiger charge is -2.10. The second-order valence-electron chi connectivity index (χ2n) is 3.89. The molecule has 0 saturated carbocycles. The van der Waals surface area contributed by atoms with E-state index in [4.69, 9.17) is 4.74 Å². The van der Waals surface area contributed by atoms with Crippen LogP contribution >= 0.6 is 55.0 Å². The fraction of sp³-hybridized carbons (Fsp3) is 0.250. The number of aryl methyl sites for hydroxylation is 1. The lowest BCUT2D eigenvalue weighted by molar-refractivity contribution is -0.113. The molecule has 1 aromatic heterocycles. The first-order valence-corrected chi connectivity index (χ1v) is 9.14. The number of carbonyl (C=O) groups excluding carboxylic acids is 1. The van der Waals surface area contributed by atoms with Crippen LogP contribution in [0.5, 0.6) is 5.75 Å². The summed E-state index contributed by atoms with van der Waals surface area (Å²) >= 11 is 9.63. The highest BCUT2D eigenvalue weighted by atomic mass is 79.9. The molecule has 0 fully saturated rings. The van der Waals surface area contributed by atoms with Crippen LogP contribution in [0, 0.1) is 6.92 Å². The Bertz CT molecular complexity index is 664. The number of hydrogen-bond acceptors (Lipinski definition) is 6. The van der Waals surface area contributed by atoms with E-state index in [1.54, 1.807) is 13.2 Å². The highest BCUT2D eigenvalue weighted by Crippen LogP contribution is 2.34. The maximum Gasteiger partial charge on any atom is 0.234 e. The van der Waals surface area contributed by atoms with Crippen molar-refractivity contribution in [1.82, 2.24) is 10.2 Å². The largest absolute Gasteiger partial charge is 0.495 e. The summed E-state index contributed by atoms with van der Waals surface area (Å²) in [7, 11) is 1.58. The lowest BCUT2D eigenvalue weighted by Crippen LogP contribution is -2.14. The van der Waals surface area contributed by atoms with Crippen molar-refractivity contribution in [3.63, 3.8) is 0 Å². The zero-order valence-electron chi connectivity index (χ0n) is 11.1. The normalized spacial score (nSPS) is 10.5. The zero-order chi connectivity index (χ0) is 15.4. The number of carbonyl (C=O) groups is 1. The van der Waals surface area contributed by atoms with Gasteiger partial charge in [-0.2, -0.15) is 0 Å². The third-order valence-corrected chi connectivity index (χ3v) is 5.60. The first-order chi connectivity index (χ1) is 9.99. The molecule has 1 heterocycles. The Morgan fingerprint density at radius 1 is 1.38 bits per heavy atom. The summed E-state index contributed by atoms with van der Waals surface area (Å²) in [6, 6.07) is 3.58. The van der Waals surface area contributed by atoms with E-state index in [9.17, 15) is 4.79 Å². The van der Waals surface area contributed by atoms with Crippen molar-refractivity contribution in [2.24, 2.45) is 0 Å². The van der Waals surface area contributed by atoms with Gasteiger partial charge in [0.15, 0.2) is 4.34 Å². The average molecular weight is 453 g/mol. The van der Waals surface area contributed by atoms with Crippen molar-refractivity contribution in [1.29, 1.82) is 0 Å². The van der Waals surface area contributed by atoms with Crippen LogP contribution in [-0.2, 0) is 4.79 Å². The topological polar surface area (TPSA) is 64.1 Å². The number of halogens is 2. The molecular formula is C12H11Br2N3O2S2. The van der Waals surface area contributed by atoms with Gasteiger partial charge in [0.25, 0.3) is 0 Å². The number of amides is 1. The molecule has 2 aromatic rings. The highest BCUT2D eigenvalue weighted by molar-refractivity contribution is 9.11. The van der Waals surface area contributed by atoms with Crippen LogP contribution in [0.3, 0.4) is 0 Å². The van der Waals surface area contributed by atoms with E-state index in [0.717, 1.165) is 18.3 Å². The summed E-state index contributed by atoms with van der Waals surface area (Å²) in [5.41, 5.74) is 0.661. The van der Waals surface area contributed by atoms with Crippen molar-refractivity contribution in [3.05, 3.63) is 26.1 Å². The van der Waals surface area contributed by atoms with Crippen molar-refractivity contribution in [2.45, 2.75) is 11.3 Å². The molecule has 0 radical (unpaired) electrons. The zero-order valence-corrected chi connectivity index (χ0v) is 16.0. The quantitative estimate of drug-likeness (QED) is 0.691. The molecular weight excluding hydrogens is 442 g/mol. The van der Waals surface area contributed by atoms with Crippen LogP contribution in [0.2, 0.25) is 0 Å². The van der Waals surface area contributed by atoms with Crippen LogP contribution in [0.15, 0.2) is 25.4 Å². The van der Waals surface area contributed by atoms with Crippen molar-refractivity contribution in [2.75, 3.05) is 18.2 Å². The smallest absolute Gasteiger partial charge is 0.234 e. The predicted molar refractivity (Wildman–Crippen MR) is 92.4 cm³/mol. The molecule has 5 nitrogen and oxygen atoms in total. The molecule has 0 aliphatic heterocycles. The monoisotopic (exact) mass is 451 g/mol. The minimum Gasteiger partial charge on any atom is -0.495 e. The molecule has 112 valence electrons. The van der Waals surface area contributed by atoms with Crippen LogP contribution in [0.4, 0.5) is 5.69 Å². The van der Waals surface area contributed by atoms with Gasteiger partial charge in [0, 0.05) is 10.5 Å². The minimum atomic E-state index is -0.113. The number of rotatable bonds is 5. The van der Waals surface area contributed by atoms with Gasteiger partial charge < -0.3 is 10.1 Å². The number of ether oxygens (including phenoxy) is 1. The van der Waals surface area contributed by atoms with E-state index in [2.05, 4.69) is 47.4 Å². The molecule has 0 atom stereocenters. The molecule has 1 amide bonds. The number of anilines is 1. The Labute approximate surface area is 147 Å². The number of nitrogens with zero attached hydrogens (tertiary/aromatic N) is 2. The van der Waals surface area contributed by atoms with Gasteiger partial charge in [-0.15, -0.1) is 10.2 Å². The summed E-state index contributed by atoms with van der Waals surface area (Å²) in [6.45, 7) is 1.88. The summed E-state index contributed by atoms with van der Waals surface area (Å²) < 4.78 is 7.59. The Morgan fingerprint density at radius 2 is 2.14 bits per heavy atom. The van der Waals surface area contributed by atoms with Gasteiger partial charge >= 0.3 is 0 Å². The number of nitrogens with one attached hydrogen (secondary N) is 1. The number of thioether (sulfide) groups is 1. The standard InChI is InChI=1S/C12H11Br2N3O2S2/c1-6-16-17-12(21-6)20-5-11(18)15-9-4-10(19-2)8(14)3-7(9)13/h3-4H,5H2,1-2H3,(H,15,18). The van der Waals surface area contributed by atoms with E-state index in [1.165, 1.54) is 23.1 Å². The number of hydrogen-bond donors (Lipinski definition) is 1. The molecule has 1 aromatic carbocycles. The summed E-state index contributed by atoms with van der Waals surface area (Å²) in [5.74, 6) is 0.818. The molecule has 0 saturated heterocycles. The van der Waals surface area contributed by atoms with Crippen LogP contribution in [0.25, 0.3) is 0 Å². The lowest BCUT2D eigenvalue weighted by atomic mass is 10.3. The summed E-state index contributed by atoms with van der Waals surface area (Å²) in [5, 5.41) is 11.6. The molecule has 9 heteroatoms. The first-order valence-electron chi connectivity index (χ1n) is 5.75. The van der Waals surface area contributed by atoms with Crippen LogP contribution in [0.1, 0.15) is 5.01 Å². The number of benzene rings is 1. The fourth-order valence-electron chi connectivity index (χ4n) is 1.43. The van der Waals surface area contributed by atoms with E-state index < -0.39 is 0 Å². The minimum absolute atomic E-state index is 0.113. The highest BCUT2D eigenvalue weighted by Gasteiger charge is 2.11. The van der Waals surface area contributed by atoms with Gasteiger partial charge in [-0.1, -0.05) is 23.1 Å². The SMILES string of the molecule is COc1cc(NC(=O)CSc2nnc(C)s2)c(Br)cc1Br. The maximum absolute atomic E-state index is 12.0. The third-order valence-electron chi connectivity index (χ3n) is 2.35. The molecule has 0 bridgehead atoms. The third kappa shape index (κ3) is 4.67. The first kappa shape index (κ1) is 16.7. The molecule has 2 rings (SSSR count). The number of methoxy groups -OCH3 is 1. The van der Waals surface area contributed by atoms with Gasteiger partial charge in [0.2, 0.25) is 5.91 Å². The van der Waals surface area contributed by atoms with Gasteiger partial charge in [0.05, 0.1) is 23.0 Å². The second kappa shape index (κ2) is 7.57. The summed E-state index contributed by atoms with van der Waals surface area (Å²) in [6.07, 6.45) is 0. The summed E-state index contributed by atoms with van der Waals surface area (Å²) in [4.78, 5) is 12.0. The van der Waals surface area contributed by atoms with Gasteiger partial charge in [-0.25, -0.2) is 0 Å². The van der Waals surface area contributed by atoms with Crippen molar-refractivity contribution < 1.29 is 9.53 Å². The van der Waals surface area contributed by atoms with Crippen molar-refractivity contribution >= 4 is 66.6 Å². The van der Waals surface area contributed by atoms with E-state index >= 15 is 0 Å². The number of aromatic nitrogens is 2. The van der Waals surface area contributed by atoms with E-state index in [-0.39, 0.29) is 11.7 Å². The Kier molecular flexibility index (Phi) is 6.03. The van der Waals surface area contributed by atoms with E-state index in [1.807, 2.05) is 13.0 Å². The van der Waals surface area contributed by atoms with Crippen LogP contribution in [-0.4, -0.2) is 29.0 Å². The second-order valence-corrected chi connectivity index (χ2v) is 8.00. The Balaban J connectivity index is 1.99. The van der Waals surface area contributed by atoms with E-state index in [0.29, 0.717) is 11.4 Å². The molecule has 0 aliphatic rings. The fourth-order valence-corrected chi connectivity index (χ4v) is 4.30. The van der Waals surface area contributed by atoms with Gasteiger partial charge in [-0.3, -0.25) is 4.79 Å². The van der Waals surface area contributed by atoms with Gasteiger partial charge in [0.1, 0.15) is 10.8 Å².